The maximum absolute atomic E-state index is 11.8. The molecule has 0 radical (unpaired) electrons. The average Bonchev–Trinajstić information content (AvgIpc) is 1.69. The van der Waals surface area contributed by atoms with Crippen LogP contribution in [0, 0.1) is 5.95 Å². The first-order chi connectivity index (χ1) is 3.39. The lowest BCUT2D eigenvalue weighted by Gasteiger charge is -1.78. The monoisotopic (exact) mass is 133 g/mol. The molecule has 0 saturated heterocycles. The molecule has 0 saturated carbocycles. The number of aromatic nitrogens is 1. The number of halogens is 1. The fourth-order valence-corrected chi connectivity index (χ4v) is 0.342. The fourth-order valence-electron chi connectivity index (χ4n) is 0.342. The second kappa shape index (κ2) is 5.14. The average molecular weight is 133 g/mol. The van der Waals surface area contributed by atoms with Gasteiger partial charge in [0.25, 0.3) is 0 Å². The van der Waals surface area contributed by atoms with Crippen LogP contribution in [0.25, 0.3) is 0 Å². The van der Waals surface area contributed by atoms with Gasteiger partial charge in [0.2, 0.25) is 5.95 Å². The highest BCUT2D eigenvalue weighted by atomic mass is 19.1. The van der Waals surface area contributed by atoms with Gasteiger partial charge < -0.3 is 11.0 Å². The largest absolute Gasteiger partial charge is 0.412 e. The van der Waals surface area contributed by atoms with Gasteiger partial charge in [0.05, 0.1) is 0 Å². The molecular formula is C5H8FNO2. The van der Waals surface area contributed by atoms with E-state index in [1.54, 1.807) is 12.1 Å². The Balaban J connectivity index is 0. The van der Waals surface area contributed by atoms with Gasteiger partial charge in [-0.05, 0) is 12.1 Å². The molecule has 0 aliphatic heterocycles. The van der Waals surface area contributed by atoms with E-state index in [9.17, 15) is 4.39 Å². The van der Waals surface area contributed by atoms with Gasteiger partial charge in [0.1, 0.15) is 0 Å². The molecule has 3 nitrogen and oxygen atoms in total. The van der Waals surface area contributed by atoms with Crippen molar-refractivity contribution in [2.24, 2.45) is 0 Å². The van der Waals surface area contributed by atoms with E-state index in [-0.39, 0.29) is 11.0 Å². The summed E-state index contributed by atoms with van der Waals surface area (Å²) in [5, 5.41) is 0. The molecule has 0 aromatic carbocycles. The second-order valence-corrected chi connectivity index (χ2v) is 1.15. The van der Waals surface area contributed by atoms with Crippen molar-refractivity contribution in [2.75, 3.05) is 0 Å². The Kier molecular flexibility index (Phi) is 6.22. The summed E-state index contributed by atoms with van der Waals surface area (Å²) in [5.41, 5.74) is 0. The molecule has 0 fully saturated rings. The third-order valence-corrected chi connectivity index (χ3v) is 0.629. The summed E-state index contributed by atoms with van der Waals surface area (Å²) in [4.78, 5) is 3.31. The molecule has 9 heavy (non-hydrogen) atoms. The van der Waals surface area contributed by atoms with Crippen LogP contribution in [0.2, 0.25) is 0 Å². The van der Waals surface area contributed by atoms with Crippen LogP contribution in [0.3, 0.4) is 0 Å². The summed E-state index contributed by atoms with van der Waals surface area (Å²) in [7, 11) is 0. The number of pyridine rings is 1. The molecule has 0 aliphatic carbocycles. The van der Waals surface area contributed by atoms with E-state index in [4.69, 9.17) is 0 Å². The highest BCUT2D eigenvalue weighted by molar-refractivity contribution is 4.90. The van der Waals surface area contributed by atoms with Crippen molar-refractivity contribution in [3.8, 4) is 0 Å². The van der Waals surface area contributed by atoms with Crippen molar-refractivity contribution in [2.45, 2.75) is 0 Å². The Labute approximate surface area is 51.8 Å². The van der Waals surface area contributed by atoms with E-state index < -0.39 is 5.95 Å². The van der Waals surface area contributed by atoms with Crippen molar-refractivity contribution in [3.05, 3.63) is 30.3 Å². The SMILES string of the molecule is Fc1ccccn1.O.O. The first-order valence-electron chi connectivity index (χ1n) is 1.96. The number of nitrogens with zero attached hydrogens (tertiary/aromatic N) is 1. The van der Waals surface area contributed by atoms with E-state index in [0.29, 0.717) is 0 Å². The first-order valence-corrected chi connectivity index (χ1v) is 1.96. The Morgan fingerprint density at radius 1 is 1.22 bits per heavy atom. The van der Waals surface area contributed by atoms with Gasteiger partial charge in [-0.2, -0.15) is 4.39 Å². The van der Waals surface area contributed by atoms with Crippen LogP contribution >= 0.6 is 0 Å². The van der Waals surface area contributed by atoms with Crippen LogP contribution in [0.5, 0.6) is 0 Å². The quantitative estimate of drug-likeness (QED) is 0.442. The van der Waals surface area contributed by atoms with Crippen LogP contribution in [-0.4, -0.2) is 15.9 Å². The summed E-state index contributed by atoms with van der Waals surface area (Å²) < 4.78 is 11.8. The lowest BCUT2D eigenvalue weighted by atomic mass is 10.5. The molecular weight excluding hydrogens is 125 g/mol. The van der Waals surface area contributed by atoms with Crippen LogP contribution in [0.4, 0.5) is 4.39 Å². The maximum Gasteiger partial charge on any atom is 0.212 e. The predicted molar refractivity (Wildman–Crippen MR) is 31.4 cm³/mol. The summed E-state index contributed by atoms with van der Waals surface area (Å²) in [5.74, 6) is -0.428. The Morgan fingerprint density at radius 2 is 1.89 bits per heavy atom. The lowest BCUT2D eigenvalue weighted by molar-refractivity contribution is 0.584. The molecule has 0 amide bonds. The zero-order valence-corrected chi connectivity index (χ0v) is 4.63. The van der Waals surface area contributed by atoms with Crippen molar-refractivity contribution < 1.29 is 15.3 Å². The summed E-state index contributed by atoms with van der Waals surface area (Å²) in [6, 6.07) is 4.57. The normalized spacial score (nSPS) is 6.78. The molecule has 0 atom stereocenters. The number of hydrogen-bond donors (Lipinski definition) is 0. The molecule has 52 valence electrons. The number of rotatable bonds is 0. The molecule has 0 spiro atoms. The molecule has 1 aromatic heterocycles. The van der Waals surface area contributed by atoms with E-state index >= 15 is 0 Å². The molecule has 0 bridgehead atoms. The highest BCUT2D eigenvalue weighted by Crippen LogP contribution is 1.85. The van der Waals surface area contributed by atoms with Gasteiger partial charge in [0.15, 0.2) is 0 Å². The van der Waals surface area contributed by atoms with Crippen molar-refractivity contribution in [3.63, 3.8) is 0 Å². The van der Waals surface area contributed by atoms with E-state index in [1.807, 2.05) is 0 Å². The molecule has 1 heterocycles. The molecule has 4 N–H and O–H groups in total. The highest BCUT2D eigenvalue weighted by Gasteiger charge is 1.78. The fraction of sp³-hybridized carbons (Fsp3) is 0. The van der Waals surface area contributed by atoms with Crippen LogP contribution in [0.1, 0.15) is 0 Å². The summed E-state index contributed by atoms with van der Waals surface area (Å²) in [6.45, 7) is 0. The smallest absolute Gasteiger partial charge is 0.212 e. The minimum atomic E-state index is -0.428. The first kappa shape index (κ1) is 10.9. The van der Waals surface area contributed by atoms with Crippen molar-refractivity contribution in [1.82, 2.24) is 4.98 Å². The van der Waals surface area contributed by atoms with Crippen molar-refractivity contribution in [1.29, 1.82) is 0 Å². The van der Waals surface area contributed by atoms with Gasteiger partial charge in [0, 0.05) is 6.20 Å². The Hall–Kier alpha value is -1.00. The summed E-state index contributed by atoms with van der Waals surface area (Å²) >= 11 is 0. The molecule has 0 aliphatic rings. The molecule has 1 rings (SSSR count). The molecule has 1 aromatic rings. The van der Waals surface area contributed by atoms with Crippen LogP contribution in [-0.2, 0) is 0 Å². The second-order valence-electron chi connectivity index (χ2n) is 1.15. The van der Waals surface area contributed by atoms with Gasteiger partial charge >= 0.3 is 0 Å². The minimum Gasteiger partial charge on any atom is -0.412 e. The van der Waals surface area contributed by atoms with Crippen LogP contribution < -0.4 is 0 Å². The topological polar surface area (TPSA) is 75.9 Å². The Morgan fingerprint density at radius 3 is 2.11 bits per heavy atom. The third kappa shape index (κ3) is 3.57. The molecule has 4 heteroatoms. The van der Waals surface area contributed by atoms with Gasteiger partial charge in [-0.15, -0.1) is 0 Å². The molecule has 0 unspecified atom stereocenters. The maximum atomic E-state index is 11.8. The van der Waals surface area contributed by atoms with Crippen molar-refractivity contribution >= 4 is 0 Å². The Bertz CT molecular complexity index is 145. The standard InChI is InChI=1S/C5H4FN.2H2O/c6-5-3-1-2-4-7-5;;/h1-4H;2*1H2. The van der Waals surface area contributed by atoms with E-state index in [2.05, 4.69) is 4.98 Å². The number of hydrogen-bond acceptors (Lipinski definition) is 1. The van der Waals surface area contributed by atoms with Gasteiger partial charge in [-0.3, -0.25) is 0 Å². The van der Waals surface area contributed by atoms with Gasteiger partial charge in [-0.1, -0.05) is 6.07 Å². The summed E-state index contributed by atoms with van der Waals surface area (Å²) in [6.07, 6.45) is 1.41. The van der Waals surface area contributed by atoms with E-state index in [1.165, 1.54) is 12.3 Å². The van der Waals surface area contributed by atoms with Gasteiger partial charge in [-0.25, -0.2) is 4.98 Å². The third-order valence-electron chi connectivity index (χ3n) is 0.629. The zero-order valence-electron chi connectivity index (χ0n) is 4.63. The zero-order chi connectivity index (χ0) is 5.11. The van der Waals surface area contributed by atoms with Crippen LogP contribution in [0.15, 0.2) is 24.4 Å². The predicted octanol–water partition coefficient (Wildman–Crippen LogP) is -0.429. The van der Waals surface area contributed by atoms with E-state index in [0.717, 1.165) is 0 Å². The minimum absolute atomic E-state index is 0. The lowest BCUT2D eigenvalue weighted by Crippen LogP contribution is -1.73.